The first-order valence-electron chi connectivity index (χ1n) is 9.10. The molecule has 0 radical (unpaired) electrons. The molecular weight excluding hydrogens is 322 g/mol. The summed E-state index contributed by atoms with van der Waals surface area (Å²) in [6, 6.07) is 8.49. The second-order valence-electron chi connectivity index (χ2n) is 7.02. The van der Waals surface area contributed by atoms with Crippen LogP contribution in [0.25, 0.3) is 16.7 Å². The van der Waals surface area contributed by atoms with Crippen LogP contribution in [0.4, 0.5) is 5.69 Å². The van der Waals surface area contributed by atoms with Gasteiger partial charge in [-0.15, -0.1) is 0 Å². The number of aliphatic imine (C=N–C) groups is 1. The van der Waals surface area contributed by atoms with Crippen molar-refractivity contribution < 1.29 is 4.79 Å². The molecule has 0 atom stereocenters. The number of hydrogen-bond acceptors (Lipinski definition) is 4. The van der Waals surface area contributed by atoms with E-state index in [2.05, 4.69) is 39.6 Å². The van der Waals surface area contributed by atoms with Gasteiger partial charge in [0, 0.05) is 49.1 Å². The Morgan fingerprint density at radius 3 is 3.00 bits per heavy atom. The van der Waals surface area contributed by atoms with Crippen LogP contribution < -0.4 is 5.32 Å². The predicted octanol–water partition coefficient (Wildman–Crippen LogP) is 3.97. The number of aryl methyl sites for hydroxylation is 1. The van der Waals surface area contributed by atoms with E-state index in [0.29, 0.717) is 6.42 Å². The fourth-order valence-electron chi connectivity index (χ4n) is 3.86. The van der Waals surface area contributed by atoms with E-state index in [-0.39, 0.29) is 5.78 Å². The molecule has 128 valence electrons. The van der Waals surface area contributed by atoms with Gasteiger partial charge in [0.1, 0.15) is 0 Å². The standard InChI is InChI=1S/C22H19N3O/c26-22-11-16-4-3-15(9-18(16)19(22)8-14-5-7-23-12-14)17-10-21-20(25-13-17)2-1-6-24-21/h3-4,7-10,12-13,24H,1-2,5-6,11H2/b19-8-. The largest absolute Gasteiger partial charge is 0.384 e. The Kier molecular flexibility index (Phi) is 3.56. The van der Waals surface area contributed by atoms with E-state index in [9.17, 15) is 4.79 Å². The van der Waals surface area contributed by atoms with Gasteiger partial charge in [-0.2, -0.15) is 0 Å². The van der Waals surface area contributed by atoms with E-state index in [4.69, 9.17) is 0 Å². The average molecular weight is 341 g/mol. The molecule has 3 heterocycles. The number of rotatable bonds is 2. The van der Waals surface area contributed by atoms with Crippen molar-refractivity contribution in [3.05, 3.63) is 65.1 Å². The Bertz CT molecular complexity index is 1010. The van der Waals surface area contributed by atoms with E-state index < -0.39 is 0 Å². The summed E-state index contributed by atoms with van der Waals surface area (Å²) in [7, 11) is 0. The number of hydrogen-bond donors (Lipinski definition) is 1. The summed E-state index contributed by atoms with van der Waals surface area (Å²) in [5.74, 6) is 0.190. The number of ketones is 1. The molecule has 1 aromatic carbocycles. The molecule has 3 aliphatic rings. The van der Waals surface area contributed by atoms with Gasteiger partial charge in [0.15, 0.2) is 5.78 Å². The van der Waals surface area contributed by atoms with Gasteiger partial charge in [0.05, 0.1) is 11.4 Å². The van der Waals surface area contributed by atoms with Crippen LogP contribution in [0.1, 0.15) is 29.7 Å². The summed E-state index contributed by atoms with van der Waals surface area (Å²) in [5.41, 5.74) is 8.51. The topological polar surface area (TPSA) is 54.4 Å². The molecule has 4 heteroatoms. The number of carbonyl (C=O) groups is 1. The van der Waals surface area contributed by atoms with Crippen molar-refractivity contribution in [1.29, 1.82) is 0 Å². The minimum absolute atomic E-state index is 0.190. The zero-order valence-corrected chi connectivity index (χ0v) is 14.5. The molecule has 1 aromatic heterocycles. The fourth-order valence-corrected chi connectivity index (χ4v) is 3.86. The van der Waals surface area contributed by atoms with E-state index in [1.54, 1.807) is 0 Å². The highest BCUT2D eigenvalue weighted by Gasteiger charge is 2.25. The van der Waals surface area contributed by atoms with Crippen LogP contribution in [0.3, 0.4) is 0 Å². The SMILES string of the molecule is O=C1Cc2ccc(-c3cnc4c(c3)NCCC4)cc2/C1=C/C1=CN=CC1. The number of carbonyl (C=O) groups excluding carboxylic acids is 1. The molecule has 0 unspecified atom stereocenters. The second kappa shape index (κ2) is 6.06. The van der Waals surface area contributed by atoms with Gasteiger partial charge in [0.2, 0.25) is 0 Å². The van der Waals surface area contributed by atoms with Crippen molar-refractivity contribution in [3.8, 4) is 11.1 Å². The van der Waals surface area contributed by atoms with Crippen LogP contribution in [0.2, 0.25) is 0 Å². The number of fused-ring (bicyclic) bond motifs is 2. The highest BCUT2D eigenvalue weighted by atomic mass is 16.1. The number of benzene rings is 1. The third-order valence-electron chi connectivity index (χ3n) is 5.26. The molecule has 1 aliphatic carbocycles. The lowest BCUT2D eigenvalue weighted by molar-refractivity contribution is -0.112. The molecular formula is C22H19N3O. The third kappa shape index (κ3) is 2.58. The number of nitrogens with one attached hydrogen (secondary N) is 1. The molecule has 0 bridgehead atoms. The van der Waals surface area contributed by atoms with Crippen molar-refractivity contribution in [1.82, 2.24) is 4.98 Å². The van der Waals surface area contributed by atoms with Crippen LogP contribution in [-0.4, -0.2) is 23.5 Å². The molecule has 0 amide bonds. The summed E-state index contributed by atoms with van der Waals surface area (Å²) in [6.45, 7) is 1.00. The van der Waals surface area contributed by atoms with Gasteiger partial charge < -0.3 is 5.32 Å². The van der Waals surface area contributed by atoms with E-state index >= 15 is 0 Å². The lowest BCUT2D eigenvalue weighted by Gasteiger charge is -2.18. The van der Waals surface area contributed by atoms with Crippen LogP contribution in [0, 0.1) is 0 Å². The number of aromatic nitrogens is 1. The van der Waals surface area contributed by atoms with Gasteiger partial charge >= 0.3 is 0 Å². The molecule has 4 nitrogen and oxygen atoms in total. The molecule has 1 N–H and O–H groups in total. The monoisotopic (exact) mass is 341 g/mol. The average Bonchev–Trinajstić information content (AvgIpc) is 3.29. The molecule has 2 aliphatic heterocycles. The van der Waals surface area contributed by atoms with Gasteiger partial charge in [-0.05, 0) is 53.3 Å². The number of allylic oxidation sites excluding steroid dienone is 3. The van der Waals surface area contributed by atoms with Crippen molar-refractivity contribution >= 4 is 23.3 Å². The van der Waals surface area contributed by atoms with E-state index in [1.807, 2.05) is 24.7 Å². The lowest BCUT2D eigenvalue weighted by Crippen LogP contribution is -2.12. The normalized spacial score (nSPS) is 19.3. The van der Waals surface area contributed by atoms with Crippen LogP contribution in [0.15, 0.2) is 53.3 Å². The Labute approximate surface area is 152 Å². The molecule has 0 saturated carbocycles. The molecule has 0 spiro atoms. The van der Waals surface area contributed by atoms with E-state index in [1.165, 1.54) is 0 Å². The molecule has 0 fully saturated rings. The summed E-state index contributed by atoms with van der Waals surface area (Å²) in [5, 5.41) is 3.44. The highest BCUT2D eigenvalue weighted by molar-refractivity contribution is 6.26. The van der Waals surface area contributed by atoms with Crippen molar-refractivity contribution in [2.24, 2.45) is 4.99 Å². The quantitative estimate of drug-likeness (QED) is 0.841. The maximum absolute atomic E-state index is 12.5. The molecule has 5 rings (SSSR count). The van der Waals surface area contributed by atoms with Gasteiger partial charge in [-0.3, -0.25) is 14.8 Å². The van der Waals surface area contributed by atoms with E-state index in [0.717, 1.165) is 70.6 Å². The lowest BCUT2D eigenvalue weighted by atomic mass is 9.97. The van der Waals surface area contributed by atoms with Crippen molar-refractivity contribution in [3.63, 3.8) is 0 Å². The summed E-state index contributed by atoms with van der Waals surface area (Å²) in [4.78, 5) is 21.3. The smallest absolute Gasteiger partial charge is 0.167 e. The van der Waals surface area contributed by atoms with Crippen LogP contribution >= 0.6 is 0 Å². The zero-order chi connectivity index (χ0) is 17.5. The number of nitrogens with zero attached hydrogens (tertiary/aromatic N) is 2. The first-order valence-corrected chi connectivity index (χ1v) is 9.10. The highest BCUT2D eigenvalue weighted by Crippen LogP contribution is 2.35. The molecule has 26 heavy (non-hydrogen) atoms. The summed E-state index contributed by atoms with van der Waals surface area (Å²) in [6.07, 6.45) is 11.1. The summed E-state index contributed by atoms with van der Waals surface area (Å²) >= 11 is 0. The minimum Gasteiger partial charge on any atom is -0.384 e. The van der Waals surface area contributed by atoms with Gasteiger partial charge in [-0.25, -0.2) is 0 Å². The predicted molar refractivity (Wildman–Crippen MR) is 104 cm³/mol. The second-order valence-corrected chi connectivity index (χ2v) is 7.02. The number of pyridine rings is 1. The Hall–Kier alpha value is -3.01. The zero-order valence-electron chi connectivity index (χ0n) is 14.5. The Morgan fingerprint density at radius 2 is 2.12 bits per heavy atom. The summed E-state index contributed by atoms with van der Waals surface area (Å²) < 4.78 is 0. The van der Waals surface area contributed by atoms with Gasteiger partial charge in [0.25, 0.3) is 0 Å². The third-order valence-corrected chi connectivity index (χ3v) is 5.26. The number of anilines is 1. The minimum atomic E-state index is 0.190. The Morgan fingerprint density at radius 1 is 1.15 bits per heavy atom. The van der Waals surface area contributed by atoms with Gasteiger partial charge in [-0.1, -0.05) is 12.1 Å². The van der Waals surface area contributed by atoms with Crippen LogP contribution in [0.5, 0.6) is 0 Å². The Balaban J connectivity index is 1.55. The first-order chi connectivity index (χ1) is 12.8. The maximum Gasteiger partial charge on any atom is 0.167 e. The van der Waals surface area contributed by atoms with Crippen molar-refractivity contribution in [2.45, 2.75) is 25.7 Å². The number of Topliss-reactive ketones (excluding diaryl/α,β-unsaturated/α-hetero) is 1. The fraction of sp³-hybridized carbons (Fsp3) is 0.227. The molecule has 2 aromatic rings. The maximum atomic E-state index is 12.5. The van der Waals surface area contributed by atoms with Crippen molar-refractivity contribution in [2.75, 3.05) is 11.9 Å². The molecule has 0 saturated heterocycles. The van der Waals surface area contributed by atoms with Crippen LogP contribution in [-0.2, 0) is 17.6 Å². The first kappa shape index (κ1) is 15.3.